The van der Waals surface area contributed by atoms with Gasteiger partial charge in [-0.25, -0.2) is 4.68 Å². The summed E-state index contributed by atoms with van der Waals surface area (Å²) in [5, 5.41) is 13.2. The van der Waals surface area contributed by atoms with Gasteiger partial charge in [-0.05, 0) is 19.9 Å². The Morgan fingerprint density at radius 1 is 1.43 bits per heavy atom. The highest BCUT2D eigenvalue weighted by atomic mass is 19.4. The number of nitrogens with zero attached hydrogens (tertiary/aromatic N) is 2. The van der Waals surface area contributed by atoms with Crippen molar-refractivity contribution in [1.29, 1.82) is 0 Å². The summed E-state index contributed by atoms with van der Waals surface area (Å²) in [6.07, 6.45) is -1.84. The van der Waals surface area contributed by atoms with E-state index >= 15 is 0 Å². The molecule has 1 heterocycles. The van der Waals surface area contributed by atoms with Gasteiger partial charge in [0.25, 0.3) is 0 Å². The quantitative estimate of drug-likeness (QED) is 0.803. The van der Waals surface area contributed by atoms with Crippen LogP contribution in [0.2, 0.25) is 0 Å². The van der Waals surface area contributed by atoms with E-state index in [0.29, 0.717) is 0 Å². The molecule has 2 unspecified atom stereocenters. The zero-order valence-electron chi connectivity index (χ0n) is 7.78. The minimum Gasteiger partial charge on any atom is -0.369 e. The number of alkyl halides is 3. The number of rotatable bonds is 2. The Balaban J connectivity index is 2.96. The first kappa shape index (κ1) is 11.0. The van der Waals surface area contributed by atoms with Crippen LogP contribution in [0, 0.1) is 5.92 Å². The molecule has 0 aliphatic heterocycles. The lowest BCUT2D eigenvalue weighted by molar-refractivity contribution is -0.242. The summed E-state index contributed by atoms with van der Waals surface area (Å²) in [7, 11) is 0. The molecule has 0 aromatic carbocycles. The van der Waals surface area contributed by atoms with E-state index in [4.69, 9.17) is 0 Å². The number of aromatic nitrogens is 2. The van der Waals surface area contributed by atoms with Gasteiger partial charge in [-0.3, -0.25) is 0 Å². The van der Waals surface area contributed by atoms with Crippen molar-refractivity contribution >= 4 is 0 Å². The van der Waals surface area contributed by atoms with Gasteiger partial charge in [0.1, 0.15) is 5.92 Å². The summed E-state index contributed by atoms with van der Waals surface area (Å²) in [4.78, 5) is 0. The van der Waals surface area contributed by atoms with Crippen LogP contribution in [0.25, 0.3) is 0 Å². The monoisotopic (exact) mass is 208 g/mol. The highest BCUT2D eigenvalue weighted by Gasteiger charge is 2.48. The van der Waals surface area contributed by atoms with Gasteiger partial charge in [0, 0.05) is 12.4 Å². The van der Waals surface area contributed by atoms with Crippen LogP contribution in [0.1, 0.15) is 13.8 Å². The Hall–Kier alpha value is -1.04. The molecule has 0 spiro atoms. The second kappa shape index (κ2) is 3.27. The van der Waals surface area contributed by atoms with E-state index in [9.17, 15) is 18.3 Å². The average molecular weight is 208 g/mol. The van der Waals surface area contributed by atoms with Gasteiger partial charge >= 0.3 is 6.18 Å². The molecule has 0 aliphatic carbocycles. The van der Waals surface area contributed by atoms with Gasteiger partial charge in [0.05, 0.1) is 0 Å². The second-order valence-electron chi connectivity index (χ2n) is 3.31. The Bertz CT molecular complexity index is 292. The third-order valence-electron chi connectivity index (χ3n) is 2.28. The molecule has 2 atom stereocenters. The predicted molar refractivity (Wildman–Crippen MR) is 43.3 cm³/mol. The first-order valence-corrected chi connectivity index (χ1v) is 4.05. The number of hydrogen-bond donors (Lipinski definition) is 1. The largest absolute Gasteiger partial charge is 0.396 e. The van der Waals surface area contributed by atoms with Gasteiger partial charge in [-0.2, -0.15) is 18.3 Å². The zero-order valence-corrected chi connectivity index (χ0v) is 7.78. The summed E-state index contributed by atoms with van der Waals surface area (Å²) >= 11 is 0. The van der Waals surface area contributed by atoms with Crippen molar-refractivity contribution in [1.82, 2.24) is 9.78 Å². The van der Waals surface area contributed by atoms with Crippen molar-refractivity contribution in [2.24, 2.45) is 5.92 Å². The molecule has 0 fully saturated rings. The van der Waals surface area contributed by atoms with E-state index in [0.717, 1.165) is 18.5 Å². The molecule has 0 amide bonds. The van der Waals surface area contributed by atoms with Gasteiger partial charge in [-0.1, -0.05) is 0 Å². The van der Waals surface area contributed by atoms with Gasteiger partial charge < -0.3 is 5.11 Å². The minimum atomic E-state index is -4.45. The van der Waals surface area contributed by atoms with Crippen LogP contribution in [-0.4, -0.2) is 21.1 Å². The lowest BCUT2D eigenvalue weighted by atomic mass is 9.99. The van der Waals surface area contributed by atoms with Crippen LogP contribution < -0.4 is 0 Å². The second-order valence-corrected chi connectivity index (χ2v) is 3.31. The van der Waals surface area contributed by atoms with Crippen molar-refractivity contribution in [3.63, 3.8) is 0 Å². The van der Waals surface area contributed by atoms with E-state index in [1.54, 1.807) is 0 Å². The fourth-order valence-electron chi connectivity index (χ4n) is 1.05. The fraction of sp³-hybridized carbons (Fsp3) is 0.625. The minimum absolute atomic E-state index is 0.894. The number of halogens is 3. The lowest BCUT2D eigenvalue weighted by Gasteiger charge is -2.31. The van der Waals surface area contributed by atoms with Crippen LogP contribution in [0.3, 0.4) is 0 Å². The molecule has 3 nitrogen and oxygen atoms in total. The summed E-state index contributed by atoms with van der Waals surface area (Å²) in [5.74, 6) is -1.88. The topological polar surface area (TPSA) is 38.0 Å². The maximum absolute atomic E-state index is 12.3. The molecule has 1 N–H and O–H groups in total. The van der Waals surface area contributed by atoms with Crippen LogP contribution in [-0.2, 0) is 5.72 Å². The normalized spacial score (nSPS) is 19.0. The smallest absolute Gasteiger partial charge is 0.369 e. The summed E-state index contributed by atoms with van der Waals surface area (Å²) in [6.45, 7) is 2.00. The van der Waals surface area contributed by atoms with Gasteiger partial charge in [0.2, 0.25) is 0 Å². The van der Waals surface area contributed by atoms with Crippen LogP contribution >= 0.6 is 0 Å². The Kier molecular flexibility index (Phi) is 2.58. The molecule has 0 bridgehead atoms. The molecule has 0 aliphatic rings. The third-order valence-corrected chi connectivity index (χ3v) is 2.28. The fourth-order valence-corrected chi connectivity index (χ4v) is 1.05. The van der Waals surface area contributed by atoms with Crippen LogP contribution in [0.15, 0.2) is 18.5 Å². The third kappa shape index (κ3) is 1.89. The molecule has 6 heteroatoms. The molecule has 80 valence electrons. The molecule has 0 saturated carbocycles. The van der Waals surface area contributed by atoms with E-state index in [1.807, 2.05) is 0 Å². The first-order valence-electron chi connectivity index (χ1n) is 4.05. The molecule has 14 heavy (non-hydrogen) atoms. The average Bonchev–Trinajstić information content (AvgIpc) is 2.53. The molecule has 0 radical (unpaired) electrons. The number of hydrogen-bond acceptors (Lipinski definition) is 2. The summed E-state index contributed by atoms with van der Waals surface area (Å²) in [5.41, 5.74) is -2.05. The lowest BCUT2D eigenvalue weighted by Crippen LogP contribution is -2.44. The Labute approximate surface area is 79.2 Å². The van der Waals surface area contributed by atoms with Crippen molar-refractivity contribution < 1.29 is 18.3 Å². The Morgan fingerprint density at radius 3 is 2.36 bits per heavy atom. The highest BCUT2D eigenvalue weighted by molar-refractivity contribution is 4.87. The van der Waals surface area contributed by atoms with Crippen LogP contribution in [0.4, 0.5) is 13.2 Å². The van der Waals surface area contributed by atoms with Crippen molar-refractivity contribution in [2.75, 3.05) is 0 Å². The predicted octanol–water partition coefficient (Wildman–Crippen LogP) is 1.75. The van der Waals surface area contributed by atoms with E-state index < -0.39 is 17.8 Å². The summed E-state index contributed by atoms with van der Waals surface area (Å²) in [6, 6.07) is 1.46. The Morgan fingerprint density at radius 2 is 2.00 bits per heavy atom. The standard InChI is InChI=1S/C8H11F3N2O/c1-6(8(9,10)11)7(2,14)13-5-3-4-12-13/h3-6,14H,1-2H3. The highest BCUT2D eigenvalue weighted by Crippen LogP contribution is 2.36. The van der Waals surface area contributed by atoms with Gasteiger partial charge in [0.15, 0.2) is 5.72 Å². The zero-order chi connectivity index (χ0) is 11.0. The van der Waals surface area contributed by atoms with Gasteiger partial charge in [-0.15, -0.1) is 0 Å². The maximum Gasteiger partial charge on any atom is 0.396 e. The molecular formula is C8H11F3N2O. The molecular weight excluding hydrogens is 197 g/mol. The first-order chi connectivity index (χ1) is 6.26. The van der Waals surface area contributed by atoms with E-state index in [2.05, 4.69) is 5.10 Å². The van der Waals surface area contributed by atoms with Crippen molar-refractivity contribution in [2.45, 2.75) is 25.7 Å². The molecule has 1 aromatic heterocycles. The van der Waals surface area contributed by atoms with E-state index in [1.165, 1.54) is 18.5 Å². The van der Waals surface area contributed by atoms with E-state index in [-0.39, 0.29) is 0 Å². The van der Waals surface area contributed by atoms with Crippen molar-refractivity contribution in [3.8, 4) is 0 Å². The summed E-state index contributed by atoms with van der Waals surface area (Å²) < 4.78 is 37.9. The molecule has 1 aromatic rings. The van der Waals surface area contributed by atoms with Crippen molar-refractivity contribution in [3.05, 3.63) is 18.5 Å². The van der Waals surface area contributed by atoms with Crippen LogP contribution in [0.5, 0.6) is 0 Å². The molecule has 0 saturated heterocycles. The maximum atomic E-state index is 12.3. The number of aliphatic hydroxyl groups is 1. The SMILES string of the molecule is CC(C(F)(F)F)C(C)(O)n1cccn1. The molecule has 1 rings (SSSR count).